The van der Waals surface area contributed by atoms with Crippen LogP contribution in [-0.2, 0) is 9.53 Å². The van der Waals surface area contributed by atoms with Crippen molar-refractivity contribution in [3.05, 3.63) is 0 Å². The number of aliphatic carboxylic acids is 1. The molecule has 0 aromatic carbocycles. The molecule has 0 spiro atoms. The molecule has 1 heterocycles. The molecule has 1 rings (SSSR count). The van der Waals surface area contributed by atoms with Crippen LogP contribution in [0.2, 0.25) is 0 Å². The topological polar surface area (TPSA) is 46.5 Å². The minimum Gasteiger partial charge on any atom is -0.481 e. The molecular weight excluding hydrogens is 168 g/mol. The van der Waals surface area contributed by atoms with E-state index in [0.29, 0.717) is 12.8 Å². The normalized spacial score (nSPS) is 25.5. The van der Waals surface area contributed by atoms with E-state index in [4.69, 9.17) is 9.84 Å². The summed E-state index contributed by atoms with van der Waals surface area (Å²) in [7, 11) is 0. The van der Waals surface area contributed by atoms with Crippen LogP contribution in [0.25, 0.3) is 0 Å². The Labute approximate surface area is 79.1 Å². The zero-order valence-corrected chi connectivity index (χ0v) is 8.16. The van der Waals surface area contributed by atoms with E-state index in [0.717, 1.165) is 19.4 Å². The minimum absolute atomic E-state index is 0.190. The van der Waals surface area contributed by atoms with E-state index in [1.807, 2.05) is 6.92 Å². The Morgan fingerprint density at radius 2 is 2.38 bits per heavy atom. The highest BCUT2D eigenvalue weighted by atomic mass is 16.5. The Kier molecular flexibility index (Phi) is 4.22. The number of hydrogen-bond donors (Lipinski definition) is 1. The molecule has 1 N–H and O–H groups in total. The molecule has 0 saturated carbocycles. The monoisotopic (exact) mass is 186 g/mol. The van der Waals surface area contributed by atoms with Crippen LogP contribution in [0.4, 0.5) is 0 Å². The van der Waals surface area contributed by atoms with Crippen molar-refractivity contribution in [2.45, 2.75) is 45.1 Å². The van der Waals surface area contributed by atoms with E-state index in [1.165, 1.54) is 6.42 Å². The van der Waals surface area contributed by atoms with Gasteiger partial charge in [-0.15, -0.1) is 0 Å². The fourth-order valence-corrected chi connectivity index (χ4v) is 1.75. The largest absolute Gasteiger partial charge is 0.481 e. The van der Waals surface area contributed by atoms with Crippen LogP contribution < -0.4 is 0 Å². The second kappa shape index (κ2) is 5.22. The SMILES string of the molecule is CCC(C[C@@H]1CCCCO1)C(=O)O. The van der Waals surface area contributed by atoms with Crippen LogP contribution in [-0.4, -0.2) is 23.8 Å². The van der Waals surface area contributed by atoms with Crippen LogP contribution in [0.15, 0.2) is 0 Å². The molecule has 3 nitrogen and oxygen atoms in total. The van der Waals surface area contributed by atoms with Gasteiger partial charge in [-0.2, -0.15) is 0 Å². The number of carboxylic acids is 1. The number of hydrogen-bond acceptors (Lipinski definition) is 2. The van der Waals surface area contributed by atoms with Crippen molar-refractivity contribution >= 4 is 5.97 Å². The second-order valence-corrected chi connectivity index (χ2v) is 3.67. The molecular formula is C10H18O3. The molecule has 1 saturated heterocycles. The number of ether oxygens (including phenoxy) is 1. The van der Waals surface area contributed by atoms with Crippen molar-refractivity contribution in [1.29, 1.82) is 0 Å². The zero-order valence-electron chi connectivity index (χ0n) is 8.16. The molecule has 0 aromatic rings. The summed E-state index contributed by atoms with van der Waals surface area (Å²) in [5.74, 6) is -0.903. The third-order valence-electron chi connectivity index (χ3n) is 2.66. The van der Waals surface area contributed by atoms with Crippen molar-refractivity contribution in [3.8, 4) is 0 Å². The van der Waals surface area contributed by atoms with Gasteiger partial charge in [0.2, 0.25) is 0 Å². The Hall–Kier alpha value is -0.570. The first kappa shape index (κ1) is 10.5. The van der Waals surface area contributed by atoms with Gasteiger partial charge >= 0.3 is 5.97 Å². The highest BCUT2D eigenvalue weighted by molar-refractivity contribution is 5.69. The highest BCUT2D eigenvalue weighted by Gasteiger charge is 2.22. The molecule has 1 fully saturated rings. The lowest BCUT2D eigenvalue weighted by atomic mass is 9.95. The van der Waals surface area contributed by atoms with Gasteiger partial charge in [0.25, 0.3) is 0 Å². The van der Waals surface area contributed by atoms with Gasteiger partial charge in [-0.1, -0.05) is 6.92 Å². The fourth-order valence-electron chi connectivity index (χ4n) is 1.75. The van der Waals surface area contributed by atoms with Crippen molar-refractivity contribution in [2.24, 2.45) is 5.92 Å². The molecule has 0 radical (unpaired) electrons. The summed E-state index contributed by atoms with van der Waals surface area (Å²) < 4.78 is 5.50. The van der Waals surface area contributed by atoms with Crippen molar-refractivity contribution < 1.29 is 14.6 Å². The fraction of sp³-hybridized carbons (Fsp3) is 0.900. The van der Waals surface area contributed by atoms with Gasteiger partial charge in [0.15, 0.2) is 0 Å². The van der Waals surface area contributed by atoms with Gasteiger partial charge < -0.3 is 9.84 Å². The smallest absolute Gasteiger partial charge is 0.306 e. The molecule has 1 aliphatic heterocycles. The average molecular weight is 186 g/mol. The average Bonchev–Trinajstić information content (AvgIpc) is 2.15. The van der Waals surface area contributed by atoms with Crippen LogP contribution in [0, 0.1) is 5.92 Å². The Morgan fingerprint density at radius 3 is 2.85 bits per heavy atom. The summed E-state index contributed by atoms with van der Waals surface area (Å²) >= 11 is 0. The van der Waals surface area contributed by atoms with Gasteiger partial charge in [-0.25, -0.2) is 0 Å². The standard InChI is InChI=1S/C10H18O3/c1-2-8(10(11)12)7-9-5-3-4-6-13-9/h8-9H,2-7H2,1H3,(H,11,12)/t8?,9-/m0/s1. The maximum Gasteiger partial charge on any atom is 0.306 e. The molecule has 0 aliphatic carbocycles. The Balaban J connectivity index is 2.31. The van der Waals surface area contributed by atoms with E-state index >= 15 is 0 Å². The lowest BCUT2D eigenvalue weighted by Gasteiger charge is -2.24. The summed E-state index contributed by atoms with van der Waals surface area (Å²) in [6.45, 7) is 2.72. The van der Waals surface area contributed by atoms with Gasteiger partial charge in [-0.3, -0.25) is 4.79 Å². The van der Waals surface area contributed by atoms with E-state index in [1.54, 1.807) is 0 Å². The first-order valence-corrected chi connectivity index (χ1v) is 5.08. The third kappa shape index (κ3) is 3.35. The molecule has 0 aromatic heterocycles. The maximum absolute atomic E-state index is 10.7. The maximum atomic E-state index is 10.7. The molecule has 3 heteroatoms. The number of carboxylic acid groups (broad SMARTS) is 1. The summed E-state index contributed by atoms with van der Waals surface area (Å²) in [6.07, 6.45) is 4.92. The lowest BCUT2D eigenvalue weighted by Crippen LogP contribution is -2.25. The van der Waals surface area contributed by atoms with Crippen LogP contribution >= 0.6 is 0 Å². The van der Waals surface area contributed by atoms with E-state index in [-0.39, 0.29) is 12.0 Å². The quantitative estimate of drug-likeness (QED) is 0.731. The third-order valence-corrected chi connectivity index (χ3v) is 2.66. The summed E-state index contributed by atoms with van der Waals surface area (Å²) in [5, 5.41) is 8.85. The predicted molar refractivity (Wildman–Crippen MR) is 49.6 cm³/mol. The Bertz CT molecular complexity index is 162. The molecule has 1 unspecified atom stereocenters. The van der Waals surface area contributed by atoms with E-state index < -0.39 is 5.97 Å². The van der Waals surface area contributed by atoms with E-state index in [9.17, 15) is 4.79 Å². The summed E-state index contributed by atoms with van der Waals surface area (Å²) in [5.41, 5.74) is 0. The molecule has 0 amide bonds. The number of rotatable bonds is 4. The van der Waals surface area contributed by atoms with Gasteiger partial charge in [0.1, 0.15) is 0 Å². The molecule has 13 heavy (non-hydrogen) atoms. The van der Waals surface area contributed by atoms with Crippen molar-refractivity contribution in [1.82, 2.24) is 0 Å². The van der Waals surface area contributed by atoms with Gasteiger partial charge in [0.05, 0.1) is 12.0 Å². The zero-order chi connectivity index (χ0) is 9.68. The molecule has 76 valence electrons. The van der Waals surface area contributed by atoms with Crippen LogP contribution in [0.5, 0.6) is 0 Å². The first-order chi connectivity index (χ1) is 6.24. The highest BCUT2D eigenvalue weighted by Crippen LogP contribution is 2.21. The molecule has 0 bridgehead atoms. The molecule has 2 atom stereocenters. The molecule has 1 aliphatic rings. The minimum atomic E-state index is -0.684. The predicted octanol–water partition coefficient (Wildman–Crippen LogP) is 2.06. The van der Waals surface area contributed by atoms with Gasteiger partial charge in [-0.05, 0) is 32.1 Å². The Morgan fingerprint density at radius 1 is 1.62 bits per heavy atom. The van der Waals surface area contributed by atoms with Crippen molar-refractivity contribution in [3.63, 3.8) is 0 Å². The summed E-state index contributed by atoms with van der Waals surface area (Å²) in [4.78, 5) is 10.7. The van der Waals surface area contributed by atoms with Crippen LogP contribution in [0.3, 0.4) is 0 Å². The first-order valence-electron chi connectivity index (χ1n) is 5.08. The van der Waals surface area contributed by atoms with Crippen LogP contribution in [0.1, 0.15) is 39.0 Å². The van der Waals surface area contributed by atoms with E-state index in [2.05, 4.69) is 0 Å². The van der Waals surface area contributed by atoms with Gasteiger partial charge in [0, 0.05) is 6.61 Å². The summed E-state index contributed by atoms with van der Waals surface area (Å²) in [6, 6.07) is 0. The van der Waals surface area contributed by atoms with Crippen molar-refractivity contribution in [2.75, 3.05) is 6.61 Å². The lowest BCUT2D eigenvalue weighted by molar-refractivity contribution is -0.143. The number of carbonyl (C=O) groups is 1. The second-order valence-electron chi connectivity index (χ2n) is 3.67.